The summed E-state index contributed by atoms with van der Waals surface area (Å²) in [5.41, 5.74) is 3.90. The highest BCUT2D eigenvalue weighted by Crippen LogP contribution is 2.28. The Bertz CT molecular complexity index is 1690. The van der Waals surface area contributed by atoms with Crippen molar-refractivity contribution in [2.24, 2.45) is 0 Å². The van der Waals surface area contributed by atoms with Gasteiger partial charge in [-0.05, 0) is 67.3 Å². The van der Waals surface area contributed by atoms with Crippen LogP contribution in [0.3, 0.4) is 0 Å². The molecule has 40 heavy (non-hydrogen) atoms. The monoisotopic (exact) mass is 578 g/mol. The summed E-state index contributed by atoms with van der Waals surface area (Å²) in [6.45, 7) is 2.30. The topological polar surface area (TPSA) is 142 Å². The SMILES string of the molecule is Cc1cnc(Nc2ccc(S(=O)(=O)NCc3ccccc3)cc2)nc1Nc1cccc(CNS(=O)(=O)C2CC2)c1. The van der Waals surface area contributed by atoms with Crippen LogP contribution >= 0.6 is 0 Å². The summed E-state index contributed by atoms with van der Waals surface area (Å²) in [4.78, 5) is 9.06. The molecule has 1 aliphatic carbocycles. The Morgan fingerprint density at radius 2 is 1.48 bits per heavy atom. The minimum atomic E-state index is -3.67. The summed E-state index contributed by atoms with van der Waals surface area (Å²) >= 11 is 0. The number of benzene rings is 3. The predicted molar refractivity (Wildman–Crippen MR) is 155 cm³/mol. The van der Waals surface area contributed by atoms with Crippen molar-refractivity contribution in [3.05, 3.63) is 102 Å². The normalized spacial score (nSPS) is 13.6. The van der Waals surface area contributed by atoms with Crippen molar-refractivity contribution in [1.29, 1.82) is 0 Å². The molecule has 0 atom stereocenters. The number of sulfonamides is 2. The van der Waals surface area contributed by atoms with Gasteiger partial charge in [0.25, 0.3) is 0 Å². The average molecular weight is 579 g/mol. The van der Waals surface area contributed by atoms with Crippen LogP contribution in [0, 0.1) is 6.92 Å². The number of anilines is 4. The van der Waals surface area contributed by atoms with Crippen molar-refractivity contribution in [1.82, 2.24) is 19.4 Å². The molecule has 0 bridgehead atoms. The summed E-state index contributed by atoms with van der Waals surface area (Å²) < 4.78 is 54.9. The van der Waals surface area contributed by atoms with Gasteiger partial charge in [-0.2, -0.15) is 4.98 Å². The molecule has 0 radical (unpaired) electrons. The molecule has 0 saturated heterocycles. The Kier molecular flexibility index (Phi) is 8.12. The van der Waals surface area contributed by atoms with Gasteiger partial charge in [0, 0.05) is 36.2 Å². The Morgan fingerprint density at radius 3 is 2.20 bits per heavy atom. The zero-order valence-corrected chi connectivity index (χ0v) is 23.5. The van der Waals surface area contributed by atoms with Crippen molar-refractivity contribution in [2.75, 3.05) is 10.6 Å². The number of aryl methyl sites for hydroxylation is 1. The molecule has 12 heteroatoms. The molecule has 0 spiro atoms. The third kappa shape index (κ3) is 7.21. The van der Waals surface area contributed by atoms with E-state index in [0.717, 1.165) is 35.2 Å². The molecule has 1 aromatic heterocycles. The molecule has 0 unspecified atom stereocenters. The number of aromatic nitrogens is 2. The molecule has 1 saturated carbocycles. The van der Waals surface area contributed by atoms with Crippen molar-refractivity contribution >= 4 is 43.2 Å². The molecule has 4 N–H and O–H groups in total. The van der Waals surface area contributed by atoms with E-state index in [4.69, 9.17) is 0 Å². The smallest absolute Gasteiger partial charge is 0.240 e. The van der Waals surface area contributed by atoms with E-state index in [0.29, 0.717) is 17.5 Å². The summed E-state index contributed by atoms with van der Waals surface area (Å²) in [7, 11) is -6.93. The number of nitrogens with one attached hydrogen (secondary N) is 4. The minimum absolute atomic E-state index is 0.153. The fraction of sp³-hybridized carbons (Fsp3) is 0.214. The lowest BCUT2D eigenvalue weighted by atomic mass is 10.2. The number of nitrogens with zero attached hydrogens (tertiary/aromatic N) is 2. The molecule has 4 aromatic rings. The second kappa shape index (κ2) is 11.7. The van der Waals surface area contributed by atoms with Gasteiger partial charge in [0.2, 0.25) is 26.0 Å². The summed E-state index contributed by atoms with van der Waals surface area (Å²) in [6.07, 6.45) is 3.11. The van der Waals surface area contributed by atoms with Crippen LogP contribution < -0.4 is 20.1 Å². The van der Waals surface area contributed by atoms with Crippen molar-refractivity contribution in [3.8, 4) is 0 Å². The fourth-order valence-electron chi connectivity index (χ4n) is 3.91. The molecule has 1 heterocycles. The van der Waals surface area contributed by atoms with Gasteiger partial charge in [0.1, 0.15) is 5.82 Å². The largest absolute Gasteiger partial charge is 0.340 e. The highest BCUT2D eigenvalue weighted by atomic mass is 32.2. The molecule has 3 aromatic carbocycles. The number of hydrogen-bond donors (Lipinski definition) is 4. The van der Waals surface area contributed by atoms with E-state index in [1.165, 1.54) is 12.1 Å². The average Bonchev–Trinajstić information content (AvgIpc) is 3.81. The van der Waals surface area contributed by atoms with Crippen LogP contribution in [0.2, 0.25) is 0 Å². The van der Waals surface area contributed by atoms with Crippen LogP contribution in [-0.2, 0) is 33.1 Å². The van der Waals surface area contributed by atoms with Crippen LogP contribution in [0.25, 0.3) is 0 Å². The Labute approximate surface area is 234 Å². The molecular formula is C28H30N6O4S2. The Hall–Kier alpha value is -3.84. The lowest BCUT2D eigenvalue weighted by Gasteiger charge is -2.13. The van der Waals surface area contributed by atoms with E-state index in [1.807, 2.05) is 61.5 Å². The highest BCUT2D eigenvalue weighted by Gasteiger charge is 2.35. The predicted octanol–water partition coefficient (Wildman–Crippen LogP) is 4.33. The lowest BCUT2D eigenvalue weighted by Crippen LogP contribution is -2.26. The van der Waals surface area contributed by atoms with Crippen LogP contribution in [-0.4, -0.2) is 32.1 Å². The maximum Gasteiger partial charge on any atom is 0.240 e. The van der Waals surface area contributed by atoms with E-state index in [-0.39, 0.29) is 23.2 Å². The summed E-state index contributed by atoms with van der Waals surface area (Å²) in [5.74, 6) is 0.914. The van der Waals surface area contributed by atoms with Crippen molar-refractivity contribution in [3.63, 3.8) is 0 Å². The van der Waals surface area contributed by atoms with Gasteiger partial charge in [-0.1, -0.05) is 42.5 Å². The van der Waals surface area contributed by atoms with E-state index in [9.17, 15) is 16.8 Å². The van der Waals surface area contributed by atoms with Gasteiger partial charge in [-0.25, -0.2) is 31.3 Å². The Balaban J connectivity index is 1.22. The molecule has 10 nitrogen and oxygen atoms in total. The summed E-state index contributed by atoms with van der Waals surface area (Å²) in [6, 6.07) is 23.1. The van der Waals surface area contributed by atoms with Crippen LogP contribution in [0.1, 0.15) is 29.5 Å². The fourth-order valence-corrected chi connectivity index (χ4v) is 6.29. The van der Waals surface area contributed by atoms with Crippen LogP contribution in [0.5, 0.6) is 0 Å². The maximum atomic E-state index is 12.7. The quantitative estimate of drug-likeness (QED) is 0.195. The second-order valence-electron chi connectivity index (χ2n) is 9.58. The van der Waals surface area contributed by atoms with Crippen LogP contribution in [0.4, 0.5) is 23.1 Å². The molecule has 208 valence electrons. The zero-order valence-electron chi connectivity index (χ0n) is 21.8. The van der Waals surface area contributed by atoms with Gasteiger partial charge < -0.3 is 10.6 Å². The van der Waals surface area contributed by atoms with E-state index < -0.39 is 20.0 Å². The van der Waals surface area contributed by atoms with Crippen LogP contribution in [0.15, 0.2) is 90.0 Å². The van der Waals surface area contributed by atoms with Gasteiger partial charge in [-0.15, -0.1) is 0 Å². The molecular weight excluding hydrogens is 548 g/mol. The Morgan fingerprint density at radius 1 is 0.775 bits per heavy atom. The van der Waals surface area contributed by atoms with Crippen molar-refractivity contribution in [2.45, 2.75) is 43.0 Å². The lowest BCUT2D eigenvalue weighted by molar-refractivity contribution is 0.579. The standard InChI is InChI=1S/C28H30N6O4S2/c1-20-17-29-28(33-23-10-12-25(13-11-23)39(35,36)30-18-21-6-3-2-4-7-21)34-27(20)32-24-9-5-8-22(16-24)19-31-40(37,38)26-14-15-26/h2-13,16-17,26,30-31H,14-15,18-19H2,1H3,(H2,29,32,33,34). The zero-order chi connectivity index (χ0) is 28.2. The van der Waals surface area contributed by atoms with Gasteiger partial charge in [0.05, 0.1) is 10.1 Å². The molecule has 5 rings (SSSR count). The van der Waals surface area contributed by atoms with Crippen molar-refractivity contribution < 1.29 is 16.8 Å². The first-order chi connectivity index (χ1) is 19.2. The molecule has 0 aliphatic heterocycles. The first kappa shape index (κ1) is 27.7. The molecule has 1 fully saturated rings. The van der Waals surface area contributed by atoms with Gasteiger partial charge in [-0.3, -0.25) is 0 Å². The minimum Gasteiger partial charge on any atom is -0.340 e. The van der Waals surface area contributed by atoms with E-state index in [2.05, 4.69) is 30.0 Å². The van der Waals surface area contributed by atoms with E-state index >= 15 is 0 Å². The third-order valence-electron chi connectivity index (χ3n) is 6.33. The molecule has 1 aliphatic rings. The maximum absolute atomic E-state index is 12.7. The molecule has 0 amide bonds. The number of hydrogen-bond acceptors (Lipinski definition) is 8. The first-order valence-corrected chi connectivity index (χ1v) is 15.8. The summed E-state index contributed by atoms with van der Waals surface area (Å²) in [5, 5.41) is 6.11. The first-order valence-electron chi connectivity index (χ1n) is 12.8. The third-order valence-corrected chi connectivity index (χ3v) is 9.64. The van der Waals surface area contributed by atoms with Gasteiger partial charge in [0.15, 0.2) is 0 Å². The highest BCUT2D eigenvalue weighted by molar-refractivity contribution is 7.90. The second-order valence-corrected chi connectivity index (χ2v) is 13.4. The number of rotatable bonds is 12. The van der Waals surface area contributed by atoms with Gasteiger partial charge >= 0.3 is 0 Å². The van der Waals surface area contributed by atoms with E-state index in [1.54, 1.807) is 18.3 Å².